The number of aliphatic hydroxyl groups is 1. The molecule has 0 spiro atoms. The first kappa shape index (κ1) is 12.4. The van der Waals surface area contributed by atoms with Crippen molar-refractivity contribution in [1.82, 2.24) is 0 Å². The highest BCUT2D eigenvalue weighted by Gasteiger charge is 2.32. The molecule has 104 valence electrons. The van der Waals surface area contributed by atoms with Crippen molar-refractivity contribution in [2.45, 2.75) is 18.6 Å². The van der Waals surface area contributed by atoms with Crippen LogP contribution < -0.4 is 4.74 Å². The third-order valence-electron chi connectivity index (χ3n) is 4.16. The predicted molar refractivity (Wildman–Crippen MR) is 83.5 cm³/mol. The van der Waals surface area contributed by atoms with Crippen molar-refractivity contribution in [2.24, 2.45) is 0 Å². The fraction of sp³-hybridized carbons (Fsp3) is 0.158. The minimum absolute atomic E-state index is 0.205. The number of hydrogen-bond donors (Lipinski definition) is 1. The van der Waals surface area contributed by atoms with Crippen LogP contribution in [0.15, 0.2) is 66.7 Å². The van der Waals surface area contributed by atoms with Crippen LogP contribution in [-0.4, -0.2) is 11.2 Å². The van der Waals surface area contributed by atoms with Gasteiger partial charge in [-0.25, -0.2) is 0 Å². The van der Waals surface area contributed by atoms with Crippen LogP contribution in [0.3, 0.4) is 0 Å². The average molecular weight is 276 g/mol. The lowest BCUT2D eigenvalue weighted by molar-refractivity contribution is 0.0495. The molecule has 0 bridgehead atoms. The van der Waals surface area contributed by atoms with E-state index in [1.807, 2.05) is 42.5 Å². The normalized spacial score (nSPS) is 20.4. The third kappa shape index (κ3) is 2.18. The van der Waals surface area contributed by atoms with Gasteiger partial charge in [0.25, 0.3) is 0 Å². The lowest BCUT2D eigenvalue weighted by atomic mass is 10.1. The highest BCUT2D eigenvalue weighted by atomic mass is 16.5. The van der Waals surface area contributed by atoms with Crippen LogP contribution in [0.1, 0.15) is 17.2 Å². The Labute approximate surface area is 123 Å². The Hall–Kier alpha value is -2.32. The molecule has 0 aliphatic heterocycles. The molecule has 0 amide bonds. The molecule has 0 saturated heterocycles. The minimum atomic E-state index is -0.548. The summed E-state index contributed by atoms with van der Waals surface area (Å²) in [6, 6.07) is 22.3. The van der Waals surface area contributed by atoms with Crippen molar-refractivity contribution >= 4 is 10.8 Å². The predicted octanol–water partition coefficient (Wildman–Crippen LogP) is 3.88. The Bertz CT molecular complexity index is 794. The number of fused-ring (bicyclic) bond motifs is 2. The largest absolute Gasteiger partial charge is 0.487 e. The number of rotatable bonds is 2. The summed E-state index contributed by atoms with van der Waals surface area (Å²) in [5.74, 6) is 0.811. The second-order valence-electron chi connectivity index (χ2n) is 5.51. The summed E-state index contributed by atoms with van der Waals surface area (Å²) in [6.07, 6.45) is 0.000645. The Balaban J connectivity index is 1.61. The van der Waals surface area contributed by atoms with E-state index in [0.717, 1.165) is 23.1 Å². The van der Waals surface area contributed by atoms with Gasteiger partial charge in [0.2, 0.25) is 0 Å². The van der Waals surface area contributed by atoms with E-state index in [9.17, 15) is 5.11 Å². The van der Waals surface area contributed by atoms with Gasteiger partial charge in [-0.05, 0) is 34.0 Å². The molecule has 0 aromatic heterocycles. The van der Waals surface area contributed by atoms with Gasteiger partial charge in [0, 0.05) is 6.42 Å². The Morgan fingerprint density at radius 2 is 1.62 bits per heavy atom. The SMILES string of the molecule is OC1c2ccccc2CC1Oc1ccc2ccccc2c1. The van der Waals surface area contributed by atoms with Crippen LogP contribution in [0.4, 0.5) is 0 Å². The van der Waals surface area contributed by atoms with E-state index in [0.29, 0.717) is 0 Å². The van der Waals surface area contributed by atoms with Crippen LogP contribution in [-0.2, 0) is 6.42 Å². The summed E-state index contributed by atoms with van der Waals surface area (Å²) < 4.78 is 6.03. The number of benzene rings is 3. The highest BCUT2D eigenvalue weighted by molar-refractivity contribution is 5.83. The fourth-order valence-corrected chi connectivity index (χ4v) is 3.06. The van der Waals surface area contributed by atoms with Gasteiger partial charge in [-0.15, -0.1) is 0 Å². The molecule has 2 atom stereocenters. The van der Waals surface area contributed by atoms with Crippen molar-refractivity contribution in [1.29, 1.82) is 0 Å². The lowest BCUT2D eigenvalue weighted by Gasteiger charge is -2.18. The third-order valence-corrected chi connectivity index (χ3v) is 4.16. The summed E-state index contributed by atoms with van der Waals surface area (Å²) >= 11 is 0. The van der Waals surface area contributed by atoms with E-state index >= 15 is 0 Å². The van der Waals surface area contributed by atoms with E-state index in [1.165, 1.54) is 10.9 Å². The summed E-state index contributed by atoms with van der Waals surface area (Å²) in [7, 11) is 0. The molecule has 1 N–H and O–H groups in total. The fourth-order valence-electron chi connectivity index (χ4n) is 3.06. The van der Waals surface area contributed by atoms with Gasteiger partial charge >= 0.3 is 0 Å². The first-order valence-corrected chi connectivity index (χ1v) is 7.22. The van der Waals surface area contributed by atoms with Gasteiger partial charge in [0.05, 0.1) is 0 Å². The maximum Gasteiger partial charge on any atom is 0.133 e. The van der Waals surface area contributed by atoms with E-state index in [4.69, 9.17) is 4.74 Å². The van der Waals surface area contributed by atoms with Gasteiger partial charge in [0.15, 0.2) is 0 Å². The standard InChI is InChI=1S/C19H16O2/c20-19-17-8-4-3-7-15(17)12-18(19)21-16-10-9-13-5-1-2-6-14(13)11-16/h1-11,18-20H,12H2. The van der Waals surface area contributed by atoms with Crippen LogP contribution >= 0.6 is 0 Å². The van der Waals surface area contributed by atoms with Gasteiger partial charge in [0.1, 0.15) is 18.0 Å². The summed E-state index contributed by atoms with van der Waals surface area (Å²) in [5, 5.41) is 12.7. The molecule has 1 aliphatic rings. The maximum atomic E-state index is 10.4. The minimum Gasteiger partial charge on any atom is -0.487 e. The van der Waals surface area contributed by atoms with Crippen LogP contribution in [0.2, 0.25) is 0 Å². The quantitative estimate of drug-likeness (QED) is 0.769. The van der Waals surface area contributed by atoms with Crippen LogP contribution in [0.25, 0.3) is 10.8 Å². The van der Waals surface area contributed by atoms with Crippen molar-refractivity contribution in [3.63, 3.8) is 0 Å². The lowest BCUT2D eigenvalue weighted by Crippen LogP contribution is -2.21. The molecule has 21 heavy (non-hydrogen) atoms. The molecule has 3 aromatic carbocycles. The molecule has 4 rings (SSSR count). The van der Waals surface area contributed by atoms with Gasteiger partial charge in [-0.3, -0.25) is 0 Å². The summed E-state index contributed by atoms with van der Waals surface area (Å²) in [5.41, 5.74) is 2.17. The smallest absolute Gasteiger partial charge is 0.133 e. The molecular weight excluding hydrogens is 260 g/mol. The Kier molecular flexibility index (Phi) is 2.90. The molecule has 0 heterocycles. The van der Waals surface area contributed by atoms with Crippen molar-refractivity contribution in [3.05, 3.63) is 77.9 Å². The average Bonchev–Trinajstić information content (AvgIpc) is 2.84. The molecule has 0 radical (unpaired) electrons. The topological polar surface area (TPSA) is 29.5 Å². The highest BCUT2D eigenvalue weighted by Crippen LogP contribution is 2.34. The molecular formula is C19H16O2. The monoisotopic (exact) mass is 276 g/mol. The second kappa shape index (κ2) is 4.90. The Morgan fingerprint density at radius 1 is 0.857 bits per heavy atom. The zero-order valence-electron chi connectivity index (χ0n) is 11.6. The molecule has 0 fully saturated rings. The molecule has 0 saturated carbocycles. The first-order valence-electron chi connectivity index (χ1n) is 7.22. The van der Waals surface area contributed by atoms with Gasteiger partial charge < -0.3 is 9.84 Å². The molecule has 2 heteroatoms. The zero-order chi connectivity index (χ0) is 14.2. The maximum absolute atomic E-state index is 10.4. The van der Waals surface area contributed by atoms with E-state index in [2.05, 4.69) is 24.3 Å². The van der Waals surface area contributed by atoms with Crippen LogP contribution in [0.5, 0.6) is 5.75 Å². The molecule has 3 aromatic rings. The molecule has 2 nitrogen and oxygen atoms in total. The van der Waals surface area contributed by atoms with Crippen molar-refractivity contribution in [3.8, 4) is 5.75 Å². The van der Waals surface area contributed by atoms with Crippen molar-refractivity contribution < 1.29 is 9.84 Å². The summed E-state index contributed by atoms with van der Waals surface area (Å²) in [6.45, 7) is 0. The van der Waals surface area contributed by atoms with Gasteiger partial charge in [-0.2, -0.15) is 0 Å². The van der Waals surface area contributed by atoms with Gasteiger partial charge in [-0.1, -0.05) is 54.6 Å². The van der Waals surface area contributed by atoms with E-state index < -0.39 is 6.10 Å². The zero-order valence-corrected chi connectivity index (χ0v) is 11.6. The second-order valence-corrected chi connectivity index (χ2v) is 5.51. The molecule has 2 unspecified atom stereocenters. The molecule has 1 aliphatic carbocycles. The number of aliphatic hydroxyl groups excluding tert-OH is 1. The first-order chi connectivity index (χ1) is 10.3. The van der Waals surface area contributed by atoms with E-state index in [-0.39, 0.29) is 6.10 Å². The van der Waals surface area contributed by atoms with Crippen LogP contribution in [0, 0.1) is 0 Å². The van der Waals surface area contributed by atoms with Crippen molar-refractivity contribution in [2.75, 3.05) is 0 Å². The number of ether oxygens (including phenoxy) is 1. The summed E-state index contributed by atoms with van der Waals surface area (Å²) in [4.78, 5) is 0. The Morgan fingerprint density at radius 3 is 2.48 bits per heavy atom. The number of hydrogen-bond acceptors (Lipinski definition) is 2. The van der Waals surface area contributed by atoms with E-state index in [1.54, 1.807) is 0 Å².